The van der Waals surface area contributed by atoms with Gasteiger partial charge in [0.05, 0.1) is 0 Å². The van der Waals surface area contributed by atoms with Crippen molar-refractivity contribution in [1.82, 2.24) is 19.3 Å². The monoisotopic (exact) mass is 526 g/mol. The van der Waals surface area contributed by atoms with Crippen LogP contribution in [0, 0.1) is 5.41 Å². The molecule has 9 heteroatoms. The summed E-state index contributed by atoms with van der Waals surface area (Å²) in [6, 6.07) is 17.6. The summed E-state index contributed by atoms with van der Waals surface area (Å²) < 4.78 is 13.5. The van der Waals surface area contributed by atoms with Gasteiger partial charge < -0.3 is 25.0 Å². The number of amides is 1. The highest BCUT2D eigenvalue weighted by Gasteiger charge is 2.48. The fraction of sp³-hybridized carbons (Fsp3) is 0.367. The van der Waals surface area contributed by atoms with Gasteiger partial charge in [0, 0.05) is 49.6 Å². The van der Waals surface area contributed by atoms with Crippen LogP contribution in [0.1, 0.15) is 33.6 Å². The first-order chi connectivity index (χ1) is 18.7. The standard InChI is InChI=1S/C30H34N6O3/c1-29(2,3)39-28(37)35-19-30(20-35)13-16-34(17-14-30)27-33-24(25-26(31)32-15-18-36(25)27)21-9-11-23(12-10-21)38-22-7-5-4-6-8-22/h4-12,15,18H,13-14,16-17,19-20H2,1-3H3,(H2,31,32). The Kier molecular flexibility index (Phi) is 6.09. The maximum Gasteiger partial charge on any atom is 0.410 e. The van der Waals surface area contributed by atoms with E-state index in [0.29, 0.717) is 5.82 Å². The van der Waals surface area contributed by atoms with Crippen molar-refractivity contribution in [3.05, 3.63) is 67.0 Å². The van der Waals surface area contributed by atoms with Gasteiger partial charge in [-0.25, -0.2) is 14.8 Å². The van der Waals surface area contributed by atoms with Crippen LogP contribution in [0.3, 0.4) is 0 Å². The van der Waals surface area contributed by atoms with E-state index in [0.717, 1.165) is 73.2 Å². The van der Waals surface area contributed by atoms with E-state index in [1.54, 1.807) is 6.20 Å². The van der Waals surface area contributed by atoms with Gasteiger partial charge in [-0.05, 0) is 70.0 Å². The molecule has 0 aliphatic carbocycles. The lowest BCUT2D eigenvalue weighted by atomic mass is 9.72. The predicted molar refractivity (Wildman–Crippen MR) is 151 cm³/mol. The van der Waals surface area contributed by atoms with E-state index in [2.05, 4.69) is 9.88 Å². The number of piperidine rings is 1. The molecule has 2 aliphatic heterocycles. The van der Waals surface area contributed by atoms with Gasteiger partial charge in [0.25, 0.3) is 0 Å². The third kappa shape index (κ3) is 4.96. The molecule has 2 N–H and O–H groups in total. The fourth-order valence-electron chi connectivity index (χ4n) is 5.49. The molecule has 2 aromatic heterocycles. The number of nitrogen functional groups attached to an aromatic ring is 1. The zero-order chi connectivity index (χ0) is 27.2. The number of aromatic nitrogens is 3. The topological polar surface area (TPSA) is 98.2 Å². The third-order valence-electron chi connectivity index (χ3n) is 7.48. The molecule has 9 nitrogen and oxygen atoms in total. The van der Waals surface area contributed by atoms with Crippen molar-refractivity contribution < 1.29 is 14.3 Å². The highest BCUT2D eigenvalue weighted by atomic mass is 16.6. The van der Waals surface area contributed by atoms with Gasteiger partial charge in [-0.3, -0.25) is 4.40 Å². The first-order valence-corrected chi connectivity index (χ1v) is 13.4. The largest absolute Gasteiger partial charge is 0.457 e. The van der Waals surface area contributed by atoms with Crippen LogP contribution in [0.4, 0.5) is 16.6 Å². The van der Waals surface area contributed by atoms with Crippen molar-refractivity contribution in [2.24, 2.45) is 5.41 Å². The molecule has 4 aromatic rings. The summed E-state index contributed by atoms with van der Waals surface area (Å²) in [5, 5.41) is 0. The first-order valence-electron chi connectivity index (χ1n) is 13.4. The Morgan fingerprint density at radius 2 is 1.64 bits per heavy atom. The first kappa shape index (κ1) is 25.0. The van der Waals surface area contributed by atoms with Crippen molar-refractivity contribution in [1.29, 1.82) is 0 Å². The zero-order valence-corrected chi connectivity index (χ0v) is 22.6. The van der Waals surface area contributed by atoms with E-state index in [9.17, 15) is 4.79 Å². The SMILES string of the molecule is CC(C)(C)OC(=O)N1CC2(CCN(c3nc(-c4ccc(Oc5ccccc5)cc4)c4c(N)nccn34)CC2)C1. The Balaban J connectivity index is 1.19. The number of rotatable bonds is 4. The molecule has 2 aromatic carbocycles. The molecule has 6 rings (SSSR count). The molecule has 4 heterocycles. The van der Waals surface area contributed by atoms with Crippen LogP contribution >= 0.6 is 0 Å². The van der Waals surface area contributed by atoms with Crippen LogP contribution in [-0.4, -0.2) is 57.1 Å². The molecule has 202 valence electrons. The van der Waals surface area contributed by atoms with E-state index in [-0.39, 0.29) is 11.5 Å². The fourth-order valence-corrected chi connectivity index (χ4v) is 5.49. The average molecular weight is 527 g/mol. The minimum absolute atomic E-state index is 0.151. The van der Waals surface area contributed by atoms with Crippen molar-refractivity contribution in [2.75, 3.05) is 36.8 Å². The molecule has 0 unspecified atom stereocenters. The van der Waals surface area contributed by atoms with Crippen LogP contribution in [0.15, 0.2) is 67.0 Å². The maximum atomic E-state index is 12.4. The van der Waals surface area contributed by atoms with Crippen molar-refractivity contribution in [3.8, 4) is 22.8 Å². The number of nitrogens with zero attached hydrogens (tertiary/aromatic N) is 5. The summed E-state index contributed by atoms with van der Waals surface area (Å²) >= 11 is 0. The van der Waals surface area contributed by atoms with Crippen LogP contribution in [0.5, 0.6) is 11.5 Å². The summed E-state index contributed by atoms with van der Waals surface area (Å²) in [5.74, 6) is 2.84. The number of carbonyl (C=O) groups excluding carboxylic acids is 1. The molecule has 39 heavy (non-hydrogen) atoms. The molecule has 2 aliphatic rings. The second kappa shape index (κ2) is 9.48. The lowest BCUT2D eigenvalue weighted by Crippen LogP contribution is -2.62. The quantitative estimate of drug-likeness (QED) is 0.369. The van der Waals surface area contributed by atoms with Crippen LogP contribution in [0.2, 0.25) is 0 Å². The summed E-state index contributed by atoms with van der Waals surface area (Å²) in [6.07, 6.45) is 5.39. The Labute approximate surface area is 228 Å². The number of hydrogen-bond donors (Lipinski definition) is 1. The molecule has 1 amide bonds. The van der Waals surface area contributed by atoms with E-state index >= 15 is 0 Å². The number of para-hydroxylation sites is 1. The van der Waals surface area contributed by atoms with Crippen molar-refractivity contribution in [3.63, 3.8) is 0 Å². The average Bonchev–Trinajstić information content (AvgIpc) is 3.28. The predicted octanol–water partition coefficient (Wildman–Crippen LogP) is 5.61. The van der Waals surface area contributed by atoms with Gasteiger partial charge in [-0.1, -0.05) is 18.2 Å². The zero-order valence-electron chi connectivity index (χ0n) is 22.6. The molecule has 0 bridgehead atoms. The molecule has 2 saturated heterocycles. The number of imidazole rings is 1. The second-order valence-electron chi connectivity index (χ2n) is 11.6. The van der Waals surface area contributed by atoms with Gasteiger partial charge >= 0.3 is 6.09 Å². The summed E-state index contributed by atoms with van der Waals surface area (Å²) in [7, 11) is 0. The highest BCUT2D eigenvalue weighted by Crippen LogP contribution is 2.42. The van der Waals surface area contributed by atoms with Gasteiger partial charge in [0.2, 0.25) is 5.95 Å². The number of nitrogens with two attached hydrogens (primary N) is 1. The van der Waals surface area contributed by atoms with E-state index in [4.69, 9.17) is 20.2 Å². The Bertz CT molecular complexity index is 1480. The molecule has 2 fully saturated rings. The van der Waals surface area contributed by atoms with Gasteiger partial charge in [-0.2, -0.15) is 0 Å². The van der Waals surface area contributed by atoms with Gasteiger partial charge in [-0.15, -0.1) is 0 Å². The molecular formula is C30H34N6O3. The Morgan fingerprint density at radius 3 is 2.31 bits per heavy atom. The second-order valence-corrected chi connectivity index (χ2v) is 11.6. The lowest BCUT2D eigenvalue weighted by Gasteiger charge is -2.53. The van der Waals surface area contributed by atoms with Crippen LogP contribution < -0.4 is 15.4 Å². The highest BCUT2D eigenvalue weighted by molar-refractivity contribution is 5.87. The number of benzene rings is 2. The number of hydrogen-bond acceptors (Lipinski definition) is 7. The smallest absolute Gasteiger partial charge is 0.410 e. The molecule has 0 atom stereocenters. The van der Waals surface area contributed by atoms with Gasteiger partial charge in [0.1, 0.15) is 34.1 Å². The molecular weight excluding hydrogens is 492 g/mol. The Morgan fingerprint density at radius 1 is 0.974 bits per heavy atom. The van der Waals surface area contributed by atoms with Crippen LogP contribution in [-0.2, 0) is 4.74 Å². The van der Waals surface area contributed by atoms with E-state index < -0.39 is 5.60 Å². The number of fused-ring (bicyclic) bond motifs is 1. The van der Waals surface area contributed by atoms with E-state index in [1.165, 1.54) is 0 Å². The summed E-state index contributed by atoms with van der Waals surface area (Å²) in [5.41, 5.74) is 8.57. The van der Waals surface area contributed by atoms with Crippen molar-refractivity contribution >= 4 is 23.4 Å². The summed E-state index contributed by atoms with van der Waals surface area (Å²) in [4.78, 5) is 26.0. The van der Waals surface area contributed by atoms with E-state index in [1.807, 2.05) is 90.9 Å². The van der Waals surface area contributed by atoms with Crippen LogP contribution in [0.25, 0.3) is 16.8 Å². The minimum atomic E-state index is -0.478. The third-order valence-corrected chi connectivity index (χ3v) is 7.48. The van der Waals surface area contributed by atoms with Crippen molar-refractivity contribution in [2.45, 2.75) is 39.2 Å². The molecule has 0 radical (unpaired) electrons. The summed E-state index contributed by atoms with van der Waals surface area (Å²) in [6.45, 7) is 8.90. The Hall–Kier alpha value is -4.27. The number of carbonyl (C=O) groups is 1. The number of anilines is 2. The van der Waals surface area contributed by atoms with Gasteiger partial charge in [0.15, 0.2) is 0 Å². The normalized spacial score (nSPS) is 16.8. The molecule has 0 saturated carbocycles. The minimum Gasteiger partial charge on any atom is -0.457 e. The molecule has 1 spiro atoms. The number of ether oxygens (including phenoxy) is 2. The lowest BCUT2D eigenvalue weighted by molar-refractivity contribution is -0.0435. The maximum absolute atomic E-state index is 12.4. The number of likely N-dealkylation sites (tertiary alicyclic amines) is 1.